The lowest BCUT2D eigenvalue weighted by Gasteiger charge is -2.19. The fourth-order valence-corrected chi connectivity index (χ4v) is 4.27. The first-order valence-corrected chi connectivity index (χ1v) is 10.2. The molecule has 4 rings (SSSR count). The van der Waals surface area contributed by atoms with Gasteiger partial charge in [-0.05, 0) is 37.1 Å². The summed E-state index contributed by atoms with van der Waals surface area (Å²) in [4.78, 5) is 30.9. The molecule has 1 amide bonds. The molecule has 2 aromatic heterocycles. The van der Waals surface area contributed by atoms with Crippen LogP contribution in [0.3, 0.4) is 0 Å². The number of rotatable bonds is 3. The minimum Gasteiger partial charge on any atom is -0.310 e. The zero-order valence-corrected chi connectivity index (χ0v) is 17.2. The van der Waals surface area contributed by atoms with Crippen molar-refractivity contribution in [2.45, 2.75) is 26.1 Å². The van der Waals surface area contributed by atoms with E-state index in [-0.39, 0.29) is 0 Å². The summed E-state index contributed by atoms with van der Waals surface area (Å²) in [5.74, 6) is -0.483. The summed E-state index contributed by atoms with van der Waals surface area (Å²) in [5.41, 5.74) is 1.50. The molecular weight excluding hydrogens is 439 g/mol. The number of amides is 1. The second-order valence-corrected chi connectivity index (χ2v) is 8.37. The molecule has 1 aliphatic rings. The molecule has 0 atom stereocenters. The monoisotopic (exact) mass is 453 g/mol. The molecule has 1 aromatic carbocycles. The molecule has 0 radical (unpaired) electrons. The van der Waals surface area contributed by atoms with Crippen LogP contribution in [0.4, 0.5) is 18.9 Å². The van der Waals surface area contributed by atoms with Gasteiger partial charge in [0, 0.05) is 29.4 Å². The van der Waals surface area contributed by atoms with Crippen LogP contribution in [0.25, 0.3) is 11.3 Å². The minimum absolute atomic E-state index is 0.384. The van der Waals surface area contributed by atoms with Crippen molar-refractivity contribution in [3.8, 4) is 11.3 Å². The van der Waals surface area contributed by atoms with Crippen LogP contribution in [-0.4, -0.2) is 22.0 Å². The quantitative estimate of drug-likeness (QED) is 0.585. The van der Waals surface area contributed by atoms with Crippen molar-refractivity contribution >= 4 is 34.5 Å². The molecule has 0 fully saturated rings. The van der Waals surface area contributed by atoms with Crippen molar-refractivity contribution in [2.24, 2.45) is 0 Å². The van der Waals surface area contributed by atoms with E-state index in [1.165, 1.54) is 4.90 Å². The van der Waals surface area contributed by atoms with Crippen LogP contribution in [0.2, 0.25) is 5.02 Å². The Morgan fingerprint density at radius 2 is 2.07 bits per heavy atom. The first kappa shape index (κ1) is 20.6. The van der Waals surface area contributed by atoms with E-state index >= 15 is 0 Å². The number of fused-ring (bicyclic) bond motifs is 1. The van der Waals surface area contributed by atoms with Gasteiger partial charge in [-0.2, -0.15) is 13.2 Å². The van der Waals surface area contributed by atoms with Crippen LogP contribution in [-0.2, 0) is 23.9 Å². The highest BCUT2D eigenvalue weighted by Gasteiger charge is 2.33. The van der Waals surface area contributed by atoms with Gasteiger partial charge in [0.05, 0.1) is 16.3 Å². The number of alkyl halides is 3. The van der Waals surface area contributed by atoms with Crippen LogP contribution >= 0.6 is 22.9 Å². The number of hydrogen-bond acceptors (Lipinski definition) is 4. The molecule has 156 valence electrons. The fourth-order valence-electron chi connectivity index (χ4n) is 3.42. The molecule has 10 heteroatoms. The number of nitrogens with zero attached hydrogens (tertiary/aromatic N) is 3. The number of pyridine rings is 1. The molecule has 3 heterocycles. The topological polar surface area (TPSA) is 55.2 Å². The number of aromatic nitrogens is 2. The molecule has 0 bridgehead atoms. The van der Waals surface area contributed by atoms with E-state index in [0.717, 1.165) is 21.8 Å². The van der Waals surface area contributed by atoms with Gasteiger partial charge in [0.2, 0.25) is 5.91 Å². The predicted octanol–water partition coefficient (Wildman–Crippen LogP) is 4.54. The lowest BCUT2D eigenvalue weighted by molar-refractivity contribution is -0.138. The second kappa shape index (κ2) is 7.55. The van der Waals surface area contributed by atoms with Crippen LogP contribution in [0.15, 0.2) is 40.6 Å². The summed E-state index contributed by atoms with van der Waals surface area (Å²) in [7, 11) is 0. The number of carbonyl (C=O) groups is 1. The summed E-state index contributed by atoms with van der Waals surface area (Å²) >= 11 is 7.21. The van der Waals surface area contributed by atoms with Crippen LogP contribution < -0.4 is 10.5 Å². The summed E-state index contributed by atoms with van der Waals surface area (Å²) in [6.45, 7) is 1.77. The maximum atomic E-state index is 13.0. The number of aryl methyl sites for hydroxylation is 1. The molecule has 0 N–H and O–H groups in total. The van der Waals surface area contributed by atoms with Crippen LogP contribution in [0.5, 0.6) is 0 Å². The van der Waals surface area contributed by atoms with Crippen LogP contribution in [0.1, 0.15) is 16.1 Å². The Hall–Kier alpha value is -2.65. The van der Waals surface area contributed by atoms with Gasteiger partial charge in [0.25, 0.3) is 5.56 Å². The van der Waals surface area contributed by atoms with Crippen molar-refractivity contribution in [2.75, 3.05) is 11.4 Å². The molecular formula is C20H15ClF3N3O2S. The summed E-state index contributed by atoms with van der Waals surface area (Å²) < 4.78 is 39.8. The Labute approximate surface area is 178 Å². The third kappa shape index (κ3) is 3.87. The van der Waals surface area contributed by atoms with E-state index in [2.05, 4.69) is 4.98 Å². The second-order valence-electron chi connectivity index (χ2n) is 6.90. The molecule has 0 saturated carbocycles. The molecule has 3 aromatic rings. The Bertz CT molecular complexity index is 1200. The first-order valence-electron chi connectivity index (χ1n) is 8.96. The van der Waals surface area contributed by atoms with Crippen LogP contribution in [0, 0.1) is 6.92 Å². The van der Waals surface area contributed by atoms with Gasteiger partial charge in [0.15, 0.2) is 0 Å². The van der Waals surface area contributed by atoms with Gasteiger partial charge in [-0.25, -0.2) is 4.98 Å². The molecule has 30 heavy (non-hydrogen) atoms. The zero-order valence-electron chi connectivity index (χ0n) is 15.7. The van der Waals surface area contributed by atoms with Gasteiger partial charge < -0.3 is 9.47 Å². The summed E-state index contributed by atoms with van der Waals surface area (Å²) in [6, 6.07) is 6.18. The van der Waals surface area contributed by atoms with E-state index in [1.54, 1.807) is 17.4 Å². The number of halogens is 4. The maximum absolute atomic E-state index is 13.0. The SMILES string of the molecule is Cc1nc(-c2ccc3c(c2)CCN3C(=O)Cn2cc(C(F)(F)F)cc(Cl)c2=O)cs1. The van der Waals surface area contributed by atoms with Crippen molar-refractivity contribution in [1.82, 2.24) is 9.55 Å². The molecule has 0 saturated heterocycles. The highest BCUT2D eigenvalue weighted by atomic mass is 35.5. The lowest BCUT2D eigenvalue weighted by atomic mass is 10.1. The summed E-state index contributed by atoms with van der Waals surface area (Å²) in [5, 5.41) is 2.33. The van der Waals surface area contributed by atoms with Gasteiger partial charge in [0.1, 0.15) is 11.6 Å². The van der Waals surface area contributed by atoms with E-state index in [9.17, 15) is 22.8 Å². The van der Waals surface area contributed by atoms with Gasteiger partial charge in [-0.3, -0.25) is 9.59 Å². The molecule has 0 spiro atoms. The number of hydrogen-bond donors (Lipinski definition) is 0. The Kier molecular flexibility index (Phi) is 5.19. The maximum Gasteiger partial charge on any atom is 0.417 e. The zero-order chi connectivity index (χ0) is 21.6. The third-order valence-corrected chi connectivity index (χ3v) is 5.91. The standard InChI is InChI=1S/C20H15ClF3N3O2S/c1-11-25-16(10-30-11)12-2-3-17-13(6-12)4-5-27(17)18(28)9-26-8-14(20(22,23)24)7-15(21)19(26)29/h2-3,6-8,10H,4-5,9H2,1H3. The normalized spacial score (nSPS) is 13.6. The molecule has 5 nitrogen and oxygen atoms in total. The van der Waals surface area contributed by atoms with Crippen molar-refractivity contribution < 1.29 is 18.0 Å². The van der Waals surface area contributed by atoms with Crippen molar-refractivity contribution in [1.29, 1.82) is 0 Å². The number of anilines is 1. The van der Waals surface area contributed by atoms with E-state index < -0.39 is 34.8 Å². The molecule has 1 aliphatic heterocycles. The summed E-state index contributed by atoms with van der Waals surface area (Å²) in [6.07, 6.45) is -3.44. The highest BCUT2D eigenvalue weighted by molar-refractivity contribution is 7.09. The van der Waals surface area contributed by atoms with Gasteiger partial charge in [-0.1, -0.05) is 17.7 Å². The lowest BCUT2D eigenvalue weighted by Crippen LogP contribution is -2.36. The smallest absolute Gasteiger partial charge is 0.310 e. The van der Waals surface area contributed by atoms with E-state index in [1.807, 2.05) is 24.4 Å². The van der Waals surface area contributed by atoms with E-state index in [0.29, 0.717) is 35.5 Å². The largest absolute Gasteiger partial charge is 0.417 e. The molecule has 0 aliphatic carbocycles. The average Bonchev–Trinajstić information content (AvgIpc) is 3.30. The first-order chi connectivity index (χ1) is 14.1. The number of carbonyl (C=O) groups excluding carboxylic acids is 1. The average molecular weight is 454 g/mol. The Morgan fingerprint density at radius 1 is 1.30 bits per heavy atom. The third-order valence-electron chi connectivity index (χ3n) is 4.87. The van der Waals surface area contributed by atoms with Crippen molar-refractivity contribution in [3.05, 3.63) is 67.4 Å². The molecule has 0 unspecified atom stereocenters. The van der Waals surface area contributed by atoms with Gasteiger partial charge in [-0.15, -0.1) is 11.3 Å². The minimum atomic E-state index is -4.67. The highest BCUT2D eigenvalue weighted by Crippen LogP contribution is 2.33. The predicted molar refractivity (Wildman–Crippen MR) is 109 cm³/mol. The van der Waals surface area contributed by atoms with E-state index in [4.69, 9.17) is 11.6 Å². The number of benzene rings is 1. The Balaban J connectivity index is 1.60. The Morgan fingerprint density at radius 3 is 2.73 bits per heavy atom. The fraction of sp³-hybridized carbons (Fsp3) is 0.250. The van der Waals surface area contributed by atoms with Gasteiger partial charge >= 0.3 is 6.18 Å². The van der Waals surface area contributed by atoms with Crippen molar-refractivity contribution in [3.63, 3.8) is 0 Å². The number of thiazole rings is 1.